The normalized spacial score (nSPS) is 25.3. The lowest BCUT2D eigenvalue weighted by Gasteiger charge is -2.23. The van der Waals surface area contributed by atoms with E-state index in [2.05, 4.69) is 4.89 Å². The molecule has 1 unspecified atom stereocenters. The smallest absolute Gasteiger partial charge is 0.199 e. The first-order valence-corrected chi connectivity index (χ1v) is 6.01. The monoisotopic (exact) mass is 239 g/mol. The van der Waals surface area contributed by atoms with Gasteiger partial charge >= 0.3 is 0 Å². The first kappa shape index (κ1) is 11.3. The molecule has 0 saturated carbocycles. The van der Waals surface area contributed by atoms with E-state index in [-0.39, 0.29) is 0 Å². The van der Waals surface area contributed by atoms with Gasteiger partial charge in [-0.25, -0.2) is 14.4 Å². The average Bonchev–Trinajstić information content (AvgIpc) is 2.54. The molecule has 2 atom stereocenters. The van der Waals surface area contributed by atoms with Gasteiger partial charge in [0.25, 0.3) is 0 Å². The third-order valence-corrected chi connectivity index (χ3v) is 4.30. The van der Waals surface area contributed by atoms with Gasteiger partial charge in [0.05, 0.1) is 5.69 Å². The van der Waals surface area contributed by atoms with Gasteiger partial charge in [-0.3, -0.25) is 4.31 Å². The molecule has 5 heteroatoms. The van der Waals surface area contributed by atoms with Gasteiger partial charge in [0.15, 0.2) is 17.2 Å². The Morgan fingerprint density at radius 3 is 2.50 bits per heavy atom. The molecule has 1 aromatic carbocycles. The van der Waals surface area contributed by atoms with Crippen molar-refractivity contribution >= 4 is 16.7 Å². The summed E-state index contributed by atoms with van der Waals surface area (Å²) in [6.45, 7) is 3.58. The first-order valence-electron chi connectivity index (χ1n) is 4.90. The van der Waals surface area contributed by atoms with Crippen LogP contribution in [0.4, 0.5) is 5.69 Å². The van der Waals surface area contributed by atoms with Crippen LogP contribution in [0.15, 0.2) is 40.8 Å². The van der Waals surface area contributed by atoms with Crippen LogP contribution in [0.2, 0.25) is 0 Å². The van der Waals surface area contributed by atoms with E-state index in [4.69, 9.17) is 5.26 Å². The number of allylic oxidation sites excluding steroid dienone is 1. The molecule has 1 heterocycles. The van der Waals surface area contributed by atoms with Crippen LogP contribution < -0.4 is 4.31 Å². The molecule has 0 aliphatic carbocycles. The van der Waals surface area contributed by atoms with Gasteiger partial charge in [-0.2, -0.15) is 0 Å². The van der Waals surface area contributed by atoms with Crippen LogP contribution in [0.3, 0.4) is 0 Å². The van der Waals surface area contributed by atoms with Crippen molar-refractivity contribution in [2.24, 2.45) is 0 Å². The Kier molecular flexibility index (Phi) is 3.09. The van der Waals surface area contributed by atoms with Crippen LogP contribution in [-0.4, -0.2) is 15.7 Å². The quantitative estimate of drug-likeness (QED) is 0.636. The maximum Gasteiger partial charge on any atom is 0.199 e. The lowest BCUT2D eigenvalue weighted by atomic mass is 10.2. The highest BCUT2D eigenvalue weighted by molar-refractivity contribution is 7.90. The predicted octanol–water partition coefficient (Wildman–Crippen LogP) is 2.28. The molecular weight excluding hydrogens is 226 g/mol. The maximum atomic E-state index is 12.1. The molecule has 1 N–H and O–H groups in total. The molecule has 86 valence electrons. The van der Waals surface area contributed by atoms with Gasteiger partial charge in [-0.05, 0) is 31.6 Å². The van der Waals surface area contributed by atoms with Crippen molar-refractivity contribution in [3.8, 4) is 0 Å². The number of anilines is 1. The Labute approximate surface area is 96.7 Å². The van der Waals surface area contributed by atoms with Crippen LogP contribution in [0, 0.1) is 0 Å². The minimum Gasteiger partial charge on any atom is -0.254 e. The average molecular weight is 239 g/mol. The molecule has 1 aliphatic rings. The van der Waals surface area contributed by atoms with E-state index < -0.39 is 17.2 Å². The number of nitrogens with zero attached hydrogens (tertiary/aromatic N) is 1. The van der Waals surface area contributed by atoms with Crippen molar-refractivity contribution < 1.29 is 14.4 Å². The third-order valence-electron chi connectivity index (χ3n) is 2.69. The van der Waals surface area contributed by atoms with Crippen molar-refractivity contribution in [3.63, 3.8) is 0 Å². The van der Waals surface area contributed by atoms with E-state index in [0.29, 0.717) is 0 Å². The summed E-state index contributed by atoms with van der Waals surface area (Å²) in [6, 6.07) is 9.24. The van der Waals surface area contributed by atoms with Crippen molar-refractivity contribution in [2.45, 2.75) is 20.1 Å². The summed E-state index contributed by atoms with van der Waals surface area (Å²) in [5.74, 6) is 0. The molecule has 0 saturated heterocycles. The van der Waals surface area contributed by atoms with Gasteiger partial charge < -0.3 is 0 Å². The van der Waals surface area contributed by atoms with Gasteiger partial charge in [0, 0.05) is 4.91 Å². The Balaban J connectivity index is 2.41. The fourth-order valence-corrected chi connectivity index (χ4v) is 3.00. The fraction of sp³-hybridized carbons (Fsp3) is 0.273. The van der Waals surface area contributed by atoms with E-state index in [1.165, 1.54) is 0 Å². The molecular formula is C11H13NO3S. The standard InChI is InChI=1S/C11H13NO3S/c1-8-9(2)16(14)12(11(8)15-13)10-6-4-3-5-7-10/h3-7,11,13H,1-2H3/t11-,16?/m0/s1. The summed E-state index contributed by atoms with van der Waals surface area (Å²) in [5, 5.41) is 8.89. The Bertz CT molecular complexity index is 444. The van der Waals surface area contributed by atoms with E-state index in [0.717, 1.165) is 16.2 Å². The zero-order valence-corrected chi connectivity index (χ0v) is 9.90. The van der Waals surface area contributed by atoms with Crippen LogP contribution >= 0.6 is 0 Å². The molecule has 2 rings (SSSR count). The SMILES string of the molecule is CC1=C(C)S(=O)N(c2ccccc2)[C@H]1OO. The van der Waals surface area contributed by atoms with E-state index >= 15 is 0 Å². The summed E-state index contributed by atoms with van der Waals surface area (Å²) in [4.78, 5) is 5.13. The largest absolute Gasteiger partial charge is 0.254 e. The summed E-state index contributed by atoms with van der Waals surface area (Å²) >= 11 is 0. The van der Waals surface area contributed by atoms with Crippen LogP contribution in [-0.2, 0) is 15.9 Å². The number of rotatable bonds is 2. The number of para-hydroxylation sites is 1. The summed E-state index contributed by atoms with van der Waals surface area (Å²) < 4.78 is 13.6. The molecule has 0 spiro atoms. The maximum absolute atomic E-state index is 12.1. The lowest BCUT2D eigenvalue weighted by Crippen LogP contribution is -2.33. The van der Waals surface area contributed by atoms with Gasteiger partial charge in [0.2, 0.25) is 0 Å². The second-order valence-corrected chi connectivity index (χ2v) is 5.11. The van der Waals surface area contributed by atoms with Crippen molar-refractivity contribution in [1.29, 1.82) is 0 Å². The number of hydrogen-bond acceptors (Lipinski definition) is 3. The Morgan fingerprint density at radius 1 is 1.31 bits per heavy atom. The van der Waals surface area contributed by atoms with Crippen LogP contribution in [0.5, 0.6) is 0 Å². The minimum atomic E-state index is -1.29. The predicted molar refractivity (Wildman–Crippen MR) is 62.9 cm³/mol. The summed E-state index contributed by atoms with van der Waals surface area (Å²) in [7, 11) is -1.29. The zero-order valence-electron chi connectivity index (χ0n) is 9.08. The fourth-order valence-electron chi connectivity index (χ4n) is 1.65. The van der Waals surface area contributed by atoms with E-state index in [1.807, 2.05) is 30.3 Å². The highest BCUT2D eigenvalue weighted by Crippen LogP contribution is 2.33. The van der Waals surface area contributed by atoms with Gasteiger partial charge in [-0.1, -0.05) is 18.2 Å². The van der Waals surface area contributed by atoms with E-state index in [1.54, 1.807) is 18.2 Å². The second-order valence-electron chi connectivity index (χ2n) is 3.61. The zero-order chi connectivity index (χ0) is 11.7. The first-order chi connectivity index (χ1) is 7.66. The molecule has 1 aromatic rings. The molecule has 1 aliphatic heterocycles. The van der Waals surface area contributed by atoms with Gasteiger partial charge in [0.1, 0.15) is 0 Å². The molecule has 0 radical (unpaired) electrons. The summed E-state index contributed by atoms with van der Waals surface area (Å²) in [5.41, 5.74) is 1.54. The third kappa shape index (κ3) is 1.67. The van der Waals surface area contributed by atoms with E-state index in [9.17, 15) is 4.21 Å². The van der Waals surface area contributed by atoms with Crippen LogP contribution in [0.1, 0.15) is 13.8 Å². The van der Waals surface area contributed by atoms with Crippen molar-refractivity contribution in [3.05, 3.63) is 40.8 Å². The Hall–Kier alpha value is -1.17. The Morgan fingerprint density at radius 2 is 1.94 bits per heavy atom. The van der Waals surface area contributed by atoms with Crippen molar-refractivity contribution in [2.75, 3.05) is 4.31 Å². The van der Waals surface area contributed by atoms with Gasteiger partial charge in [-0.15, -0.1) is 0 Å². The number of benzene rings is 1. The van der Waals surface area contributed by atoms with Crippen molar-refractivity contribution in [1.82, 2.24) is 0 Å². The lowest BCUT2D eigenvalue weighted by molar-refractivity contribution is -0.264. The molecule has 0 amide bonds. The topological polar surface area (TPSA) is 49.8 Å². The highest BCUT2D eigenvalue weighted by atomic mass is 32.2. The second kappa shape index (κ2) is 4.37. The highest BCUT2D eigenvalue weighted by Gasteiger charge is 2.36. The molecule has 0 fully saturated rings. The summed E-state index contributed by atoms with van der Waals surface area (Å²) in [6.07, 6.45) is -0.664. The molecule has 4 nitrogen and oxygen atoms in total. The number of hydrogen-bond donors (Lipinski definition) is 1. The molecule has 0 bridgehead atoms. The molecule has 0 aromatic heterocycles. The minimum absolute atomic E-state index is 0.664. The molecule has 16 heavy (non-hydrogen) atoms. The van der Waals surface area contributed by atoms with Crippen LogP contribution in [0.25, 0.3) is 0 Å².